The first kappa shape index (κ1) is 20.3. The van der Waals surface area contributed by atoms with E-state index >= 15 is 0 Å². The van der Waals surface area contributed by atoms with Crippen molar-refractivity contribution in [2.75, 3.05) is 11.8 Å². The summed E-state index contributed by atoms with van der Waals surface area (Å²) in [6, 6.07) is 18.2. The van der Waals surface area contributed by atoms with Gasteiger partial charge in [-0.2, -0.15) is 0 Å². The molecule has 0 bridgehead atoms. The van der Waals surface area contributed by atoms with E-state index in [9.17, 15) is 17.6 Å². The Labute approximate surface area is 168 Å². The normalized spacial score (nSPS) is 11.0. The van der Waals surface area contributed by atoms with Gasteiger partial charge in [-0.05, 0) is 42.5 Å². The highest BCUT2D eigenvalue weighted by molar-refractivity contribution is 7.92. The number of nitrogens with one attached hydrogen (secondary N) is 2. The number of sulfonamides is 1. The number of para-hydroxylation sites is 2. The molecule has 8 heteroatoms. The summed E-state index contributed by atoms with van der Waals surface area (Å²) in [5, 5.41) is 2.61. The van der Waals surface area contributed by atoms with Gasteiger partial charge in [-0.15, -0.1) is 0 Å². The first-order valence-corrected chi connectivity index (χ1v) is 10.2. The third-order valence-electron chi connectivity index (χ3n) is 4.18. The van der Waals surface area contributed by atoms with E-state index in [0.29, 0.717) is 17.0 Å². The van der Waals surface area contributed by atoms with Crippen LogP contribution in [-0.4, -0.2) is 21.4 Å². The fraction of sp³-hybridized carbons (Fsp3) is 0.0952. The molecular weight excluding hydrogens is 395 g/mol. The number of methoxy groups -OCH3 is 1. The topological polar surface area (TPSA) is 84.5 Å². The van der Waals surface area contributed by atoms with Crippen molar-refractivity contribution in [3.05, 3.63) is 89.7 Å². The van der Waals surface area contributed by atoms with E-state index in [1.54, 1.807) is 42.5 Å². The van der Waals surface area contributed by atoms with E-state index in [0.717, 1.165) is 0 Å². The van der Waals surface area contributed by atoms with Crippen molar-refractivity contribution in [3.63, 3.8) is 0 Å². The lowest BCUT2D eigenvalue weighted by molar-refractivity contribution is 0.0950. The molecule has 0 atom stereocenters. The monoisotopic (exact) mass is 414 g/mol. The second-order valence-corrected chi connectivity index (χ2v) is 7.79. The summed E-state index contributed by atoms with van der Waals surface area (Å²) in [7, 11) is -2.41. The van der Waals surface area contributed by atoms with Crippen molar-refractivity contribution in [1.82, 2.24) is 5.32 Å². The Kier molecular flexibility index (Phi) is 6.13. The Morgan fingerprint density at radius 2 is 1.62 bits per heavy atom. The van der Waals surface area contributed by atoms with Gasteiger partial charge in [0.2, 0.25) is 0 Å². The molecule has 0 heterocycles. The molecule has 0 saturated carbocycles. The minimum absolute atomic E-state index is 0.00550. The van der Waals surface area contributed by atoms with Crippen LogP contribution in [0.25, 0.3) is 0 Å². The average molecular weight is 414 g/mol. The maximum absolute atomic E-state index is 13.6. The van der Waals surface area contributed by atoms with E-state index in [-0.39, 0.29) is 17.0 Å². The molecule has 0 aliphatic heterocycles. The molecule has 0 spiro atoms. The Morgan fingerprint density at radius 3 is 2.31 bits per heavy atom. The molecule has 3 rings (SSSR count). The van der Waals surface area contributed by atoms with Gasteiger partial charge in [0, 0.05) is 17.7 Å². The molecule has 0 radical (unpaired) electrons. The van der Waals surface area contributed by atoms with Crippen LogP contribution in [0.2, 0.25) is 0 Å². The first-order chi connectivity index (χ1) is 13.9. The maximum Gasteiger partial charge on any atom is 0.262 e. The van der Waals surface area contributed by atoms with Crippen LogP contribution in [0.1, 0.15) is 15.9 Å². The highest BCUT2D eigenvalue weighted by Gasteiger charge is 2.17. The predicted octanol–water partition coefficient (Wildman–Crippen LogP) is 3.57. The van der Waals surface area contributed by atoms with Crippen molar-refractivity contribution >= 4 is 21.6 Å². The number of rotatable bonds is 7. The van der Waals surface area contributed by atoms with E-state index in [1.165, 1.54) is 37.4 Å². The van der Waals surface area contributed by atoms with E-state index in [1.807, 2.05) is 0 Å². The summed E-state index contributed by atoms with van der Waals surface area (Å²) in [6.45, 7) is 0.0287. The minimum Gasteiger partial charge on any atom is -0.495 e. The lowest BCUT2D eigenvalue weighted by Gasteiger charge is -2.12. The Hall–Kier alpha value is -3.39. The molecule has 29 heavy (non-hydrogen) atoms. The first-order valence-electron chi connectivity index (χ1n) is 8.68. The van der Waals surface area contributed by atoms with Crippen LogP contribution in [0.5, 0.6) is 5.75 Å². The highest BCUT2D eigenvalue weighted by atomic mass is 32.2. The second-order valence-electron chi connectivity index (χ2n) is 6.10. The fourth-order valence-electron chi connectivity index (χ4n) is 2.64. The molecule has 2 N–H and O–H groups in total. The van der Waals surface area contributed by atoms with Crippen LogP contribution >= 0.6 is 0 Å². The lowest BCUT2D eigenvalue weighted by atomic mass is 10.2. The summed E-state index contributed by atoms with van der Waals surface area (Å²) < 4.78 is 46.4. The van der Waals surface area contributed by atoms with E-state index < -0.39 is 21.7 Å². The van der Waals surface area contributed by atoms with Crippen LogP contribution < -0.4 is 14.8 Å². The Balaban J connectivity index is 1.70. The number of ether oxygens (including phenoxy) is 1. The van der Waals surface area contributed by atoms with E-state index in [2.05, 4.69) is 10.0 Å². The molecule has 150 valence electrons. The van der Waals surface area contributed by atoms with Crippen LogP contribution in [0.4, 0.5) is 10.1 Å². The van der Waals surface area contributed by atoms with Crippen LogP contribution in [-0.2, 0) is 16.6 Å². The third-order valence-corrected chi connectivity index (χ3v) is 5.56. The Bertz CT molecular complexity index is 1120. The molecule has 0 aliphatic carbocycles. The number of benzene rings is 3. The zero-order valence-electron chi connectivity index (χ0n) is 15.6. The number of hydrogen-bond donors (Lipinski definition) is 2. The van der Waals surface area contributed by atoms with Crippen molar-refractivity contribution in [2.24, 2.45) is 0 Å². The van der Waals surface area contributed by atoms with Gasteiger partial charge in [-0.3, -0.25) is 9.52 Å². The van der Waals surface area contributed by atoms with Crippen LogP contribution in [0.3, 0.4) is 0 Å². The third kappa shape index (κ3) is 4.91. The van der Waals surface area contributed by atoms with Crippen molar-refractivity contribution < 1.29 is 22.3 Å². The zero-order valence-corrected chi connectivity index (χ0v) is 16.4. The van der Waals surface area contributed by atoms with Gasteiger partial charge in [-0.25, -0.2) is 12.8 Å². The van der Waals surface area contributed by atoms with E-state index in [4.69, 9.17) is 4.74 Å². The summed E-state index contributed by atoms with van der Waals surface area (Å²) in [5.41, 5.74) is 0.931. The second kappa shape index (κ2) is 8.74. The molecule has 6 nitrogen and oxygen atoms in total. The summed E-state index contributed by atoms with van der Waals surface area (Å²) in [6.07, 6.45) is 0. The standard InChI is InChI=1S/C21H19FN2O4S/c1-28-20-9-5-4-8-19(20)24-29(26,27)17-12-10-15(11-13-17)21(25)23-14-16-6-2-3-7-18(16)22/h2-13,24H,14H2,1H3,(H,23,25). The van der Waals surface area contributed by atoms with Gasteiger partial charge in [-0.1, -0.05) is 30.3 Å². The molecule has 0 unspecified atom stereocenters. The highest BCUT2D eigenvalue weighted by Crippen LogP contribution is 2.26. The molecule has 3 aromatic rings. The Morgan fingerprint density at radius 1 is 0.966 bits per heavy atom. The number of halogens is 1. The molecule has 3 aromatic carbocycles. The number of carbonyl (C=O) groups is 1. The SMILES string of the molecule is COc1ccccc1NS(=O)(=O)c1ccc(C(=O)NCc2ccccc2F)cc1. The van der Waals surface area contributed by atoms with Gasteiger partial charge >= 0.3 is 0 Å². The van der Waals surface area contributed by atoms with Crippen LogP contribution in [0.15, 0.2) is 77.7 Å². The molecular formula is C21H19FN2O4S. The quantitative estimate of drug-likeness (QED) is 0.619. The number of amides is 1. The van der Waals surface area contributed by atoms with Crippen molar-refractivity contribution in [2.45, 2.75) is 11.4 Å². The van der Waals surface area contributed by atoms with Gasteiger partial charge in [0.1, 0.15) is 11.6 Å². The van der Waals surface area contributed by atoms with Gasteiger partial charge < -0.3 is 10.1 Å². The summed E-state index contributed by atoms with van der Waals surface area (Å²) in [5.74, 6) is -0.452. The molecule has 0 aliphatic rings. The molecule has 0 saturated heterocycles. The number of anilines is 1. The van der Waals surface area contributed by atoms with Crippen molar-refractivity contribution in [3.8, 4) is 5.75 Å². The van der Waals surface area contributed by atoms with Gasteiger partial charge in [0.15, 0.2) is 0 Å². The minimum atomic E-state index is -3.86. The fourth-order valence-corrected chi connectivity index (χ4v) is 3.71. The molecule has 1 amide bonds. The largest absolute Gasteiger partial charge is 0.495 e. The van der Waals surface area contributed by atoms with Gasteiger partial charge in [0.25, 0.3) is 15.9 Å². The van der Waals surface area contributed by atoms with Crippen LogP contribution in [0, 0.1) is 5.82 Å². The lowest BCUT2D eigenvalue weighted by Crippen LogP contribution is -2.23. The summed E-state index contributed by atoms with van der Waals surface area (Å²) >= 11 is 0. The number of carbonyl (C=O) groups excluding carboxylic acids is 1. The van der Waals surface area contributed by atoms with Gasteiger partial charge in [0.05, 0.1) is 17.7 Å². The zero-order chi connectivity index (χ0) is 20.9. The number of hydrogen-bond acceptors (Lipinski definition) is 4. The predicted molar refractivity (Wildman–Crippen MR) is 108 cm³/mol. The summed E-state index contributed by atoms with van der Waals surface area (Å²) in [4.78, 5) is 12.2. The molecule has 0 fully saturated rings. The average Bonchev–Trinajstić information content (AvgIpc) is 2.73. The smallest absolute Gasteiger partial charge is 0.262 e. The maximum atomic E-state index is 13.6. The van der Waals surface area contributed by atoms with Crippen molar-refractivity contribution in [1.29, 1.82) is 0 Å². The molecule has 0 aromatic heterocycles.